The maximum atomic E-state index is 13.0. The number of hydrogen-bond donors (Lipinski definition) is 0. The van der Waals surface area contributed by atoms with E-state index in [-0.39, 0.29) is 55.5 Å². The number of esters is 3. The molecule has 3 fully saturated rings. The van der Waals surface area contributed by atoms with Crippen LogP contribution in [0.2, 0.25) is 0 Å². The number of carbonyl (C=O) groups is 3. The minimum atomic E-state index is -0.535. The molecule has 0 unspecified atom stereocenters. The fourth-order valence-electron chi connectivity index (χ4n) is 11.9. The van der Waals surface area contributed by atoms with E-state index in [0.29, 0.717) is 37.1 Å². The third kappa shape index (κ3) is 17.9. The molecular weight excluding hydrogens is 1810 g/mol. The van der Waals surface area contributed by atoms with Gasteiger partial charge >= 0.3 is 17.9 Å². The Morgan fingerprint density at radius 1 is 0.364 bits per heavy atom. The number of carbonyl (C=O) groups excluding carboxylic acids is 3. The summed E-state index contributed by atoms with van der Waals surface area (Å²) in [5, 5.41) is 0. The third-order valence-corrected chi connectivity index (χ3v) is 24.1. The fourth-order valence-corrected chi connectivity index (χ4v) is 20.6. The van der Waals surface area contributed by atoms with Gasteiger partial charge in [0, 0.05) is 0 Å². The minimum absolute atomic E-state index is 0.138. The van der Waals surface area contributed by atoms with Crippen molar-refractivity contribution in [1.82, 2.24) is 0 Å². The monoisotopic (exact) mass is 1890 g/mol. The van der Waals surface area contributed by atoms with E-state index in [1.54, 1.807) is 0 Å². The minimum Gasteiger partial charge on any atom is -0.489 e. The average Bonchev–Trinajstić information content (AvgIpc) is 3.04. The van der Waals surface area contributed by atoms with Crippen LogP contribution in [0.1, 0.15) is 135 Å². The first-order chi connectivity index (χ1) is 42.1. The van der Waals surface area contributed by atoms with E-state index in [0.717, 1.165) is 147 Å². The van der Waals surface area contributed by atoms with Crippen molar-refractivity contribution in [3.8, 4) is 34.5 Å². The van der Waals surface area contributed by atoms with Gasteiger partial charge < -0.3 is 42.6 Å². The Hall–Kier alpha value is -2.74. The van der Waals surface area contributed by atoms with Crippen molar-refractivity contribution >= 4 is 164 Å². The van der Waals surface area contributed by atoms with E-state index < -0.39 is 27.7 Å². The first kappa shape index (κ1) is 69.6. The van der Waals surface area contributed by atoms with Gasteiger partial charge in [0.2, 0.25) is 0 Å². The fraction of sp³-hybridized carbons (Fsp3) is 0.435. The smallest absolute Gasteiger partial charge is 0.344 e. The molecule has 470 valence electrons. The van der Waals surface area contributed by atoms with E-state index in [1.807, 2.05) is 72.8 Å². The van der Waals surface area contributed by atoms with Crippen LogP contribution in [-0.4, -0.2) is 54.5 Å². The van der Waals surface area contributed by atoms with Crippen molar-refractivity contribution in [3.63, 3.8) is 0 Å². The summed E-state index contributed by atoms with van der Waals surface area (Å²) in [7, 11) is -0.535. The molecule has 6 aromatic rings. The van der Waals surface area contributed by atoms with Gasteiger partial charge in [-0.25, -0.2) is 14.4 Å². The Balaban J connectivity index is 0.857. The van der Waals surface area contributed by atoms with E-state index in [1.165, 1.54) is 0 Å². The van der Waals surface area contributed by atoms with Gasteiger partial charge in [0.05, 0.1) is 32.3 Å². The predicted octanol–water partition coefficient (Wildman–Crippen LogP) is 18.8. The second-order valence-corrected chi connectivity index (χ2v) is 32.8. The van der Waals surface area contributed by atoms with Gasteiger partial charge in [-0.05, 0) is 356 Å². The van der Waals surface area contributed by atoms with Crippen LogP contribution >= 0.6 is 136 Å². The zero-order valence-electron chi connectivity index (χ0n) is 50.4. The highest BCUT2D eigenvalue weighted by atomic mass is 127. The van der Waals surface area contributed by atoms with E-state index in [4.69, 9.17) is 42.6 Å². The second kappa shape index (κ2) is 31.9. The van der Waals surface area contributed by atoms with Gasteiger partial charge in [0.15, 0.2) is 34.5 Å². The summed E-state index contributed by atoms with van der Waals surface area (Å²) in [5.41, 5.74) is 1.75. The lowest BCUT2D eigenvalue weighted by molar-refractivity contribution is -0.167. The zero-order valence-corrected chi connectivity index (χ0v) is 64.2. The molecule has 88 heavy (non-hydrogen) atoms. The molecule has 12 nitrogen and oxygen atoms in total. The maximum Gasteiger partial charge on any atom is 0.344 e. The zero-order chi connectivity index (χ0) is 62.8. The van der Waals surface area contributed by atoms with Gasteiger partial charge in [0.1, 0.15) is 71.1 Å². The number of hydrogen-bond acceptors (Lipinski definition) is 12. The molecule has 6 aromatic carbocycles. The second-order valence-electron chi connectivity index (χ2n) is 23.8. The summed E-state index contributed by atoms with van der Waals surface area (Å²) in [6.45, 7) is 13.4. The van der Waals surface area contributed by atoms with Gasteiger partial charge in [-0.15, -0.1) is 0 Å². The van der Waals surface area contributed by atoms with Gasteiger partial charge in [-0.2, -0.15) is 0 Å². The lowest BCUT2D eigenvalue weighted by atomic mass is 9.88. The van der Waals surface area contributed by atoms with Crippen LogP contribution in [0.25, 0.3) is 0 Å². The highest BCUT2D eigenvalue weighted by Gasteiger charge is 2.43. The molecule has 19 heteroatoms. The summed E-state index contributed by atoms with van der Waals surface area (Å²) >= 11 is 13.6. The van der Waals surface area contributed by atoms with Gasteiger partial charge in [-0.1, -0.05) is 41.5 Å². The Labute approximate surface area is 603 Å². The van der Waals surface area contributed by atoms with E-state index in [2.05, 4.69) is 213 Å². The Morgan fingerprint density at radius 2 is 0.580 bits per heavy atom. The lowest BCUT2D eigenvalue weighted by Gasteiger charge is -2.33. The lowest BCUT2D eigenvalue weighted by Crippen LogP contribution is -2.39. The summed E-state index contributed by atoms with van der Waals surface area (Å²) < 4.78 is 60.9. The van der Waals surface area contributed by atoms with Crippen molar-refractivity contribution in [3.05, 3.63) is 147 Å². The Bertz CT molecular complexity index is 2950. The molecule has 0 aromatic heterocycles. The first-order valence-electron chi connectivity index (χ1n) is 30.0. The van der Waals surface area contributed by atoms with Crippen molar-refractivity contribution in [1.29, 1.82) is 0 Å². The Morgan fingerprint density at radius 3 is 0.784 bits per heavy atom. The normalized spacial score (nSPS) is 15.8. The van der Waals surface area contributed by atoms with Crippen LogP contribution in [-0.2, 0) is 59.3 Å². The largest absolute Gasteiger partial charge is 0.489 e. The number of rotatable bonds is 27. The summed E-state index contributed by atoms with van der Waals surface area (Å²) in [5.74, 6) is 3.95. The predicted molar refractivity (Wildman–Crippen MR) is 393 cm³/mol. The highest BCUT2D eigenvalue weighted by molar-refractivity contribution is 14.1. The third-order valence-electron chi connectivity index (χ3n) is 17.0. The molecule has 3 saturated carbocycles. The number of halogens is 6. The van der Waals surface area contributed by atoms with Gasteiger partial charge in [-0.3, -0.25) is 0 Å². The molecule has 3 aliphatic rings. The van der Waals surface area contributed by atoms with Crippen LogP contribution in [0.4, 0.5) is 0 Å². The van der Waals surface area contributed by atoms with Crippen LogP contribution in [0.15, 0.2) is 124 Å². The molecule has 0 N–H and O–H groups in total. The number of ether oxygens (including phenoxy) is 9. The van der Waals surface area contributed by atoms with E-state index >= 15 is 0 Å². The first-order valence-corrected chi connectivity index (χ1v) is 37.7. The molecule has 0 bridgehead atoms. The van der Waals surface area contributed by atoms with Crippen molar-refractivity contribution in [2.45, 2.75) is 170 Å². The van der Waals surface area contributed by atoms with Crippen molar-refractivity contribution in [2.75, 3.05) is 19.8 Å². The molecule has 0 aliphatic heterocycles. The summed E-state index contributed by atoms with van der Waals surface area (Å²) in [4.78, 5) is 42.3. The van der Waals surface area contributed by atoms with Crippen molar-refractivity contribution in [2.24, 2.45) is 17.8 Å². The number of benzene rings is 6. The van der Waals surface area contributed by atoms with Crippen LogP contribution in [0, 0.1) is 39.2 Å². The van der Waals surface area contributed by atoms with Crippen molar-refractivity contribution < 1.29 is 57.0 Å². The Kier molecular flexibility index (Phi) is 25.3. The van der Waals surface area contributed by atoms with Gasteiger partial charge in [0.25, 0.3) is 0 Å². The topological polar surface area (TPSA) is 134 Å². The summed E-state index contributed by atoms with van der Waals surface area (Å²) in [6, 6.07) is 37.0. The van der Waals surface area contributed by atoms with E-state index in [9.17, 15) is 14.4 Å². The maximum absolute atomic E-state index is 13.0. The molecule has 0 atom stereocenters. The molecular formula is C69H75I6O12S+. The molecule has 0 radical (unpaired) electrons. The molecule has 0 heterocycles. The summed E-state index contributed by atoms with van der Waals surface area (Å²) in [6.07, 6.45) is 11.8. The van der Waals surface area contributed by atoms with Crippen LogP contribution < -0.4 is 28.4 Å². The molecule has 0 spiro atoms. The molecule has 0 saturated heterocycles. The molecule has 0 amide bonds. The SMILES string of the molecule is CC(C)C1(OC(=O)COc2c(I)cc(COc3ccc([S+](c4ccc(OCc5cc(I)c(OCC(=O)OC6(C(C)C)CCCC6)c(I)c5)cc4)c4ccc(OCc5cc(I)c(OCC(=O)OC6(C(C)C)CCCC6)c(I)c5)cc4)cc3)cc2I)CCCC1. The van der Waals surface area contributed by atoms with Crippen LogP contribution in [0.5, 0.6) is 34.5 Å². The molecule has 3 aliphatic carbocycles. The average molecular weight is 1890 g/mol. The standard InChI is InChI=1S/C69H75I6O12S/c1-43(2)67(25-7-8-26-67)85-61(76)40-82-64-55(70)31-46(32-56(64)71)37-79-49-13-19-52(20-14-49)88(53-21-15-50(16-22-53)80-38-47-33-57(72)65(58(73)34-47)83-41-62(77)86-68(44(3)4)27-9-10-28-68)54-23-17-51(18-24-54)81-39-48-35-59(74)66(60(75)36-48)84-42-63(78)87-69(45(5)6)29-11-12-30-69/h13-24,31-36,43-45H,7-12,25-30,37-42H2,1-6H3/q+1. The highest BCUT2D eigenvalue weighted by Crippen LogP contribution is 2.43. The van der Waals surface area contributed by atoms with Crippen LogP contribution in [0.3, 0.4) is 0 Å². The quantitative estimate of drug-likeness (QED) is 0.0210. The molecule has 9 rings (SSSR count).